The minimum atomic E-state index is -0.848. The summed E-state index contributed by atoms with van der Waals surface area (Å²) in [7, 11) is 0. The molecule has 4 nitrogen and oxygen atoms in total. The molecule has 0 spiro atoms. The van der Waals surface area contributed by atoms with Crippen LogP contribution in [-0.4, -0.2) is 19.6 Å². The summed E-state index contributed by atoms with van der Waals surface area (Å²) in [6, 6.07) is 58.3. The number of rotatable bonds is 9. The molecule has 67 heavy (non-hydrogen) atoms. The van der Waals surface area contributed by atoms with Gasteiger partial charge in [-0.2, -0.15) is 0 Å². The predicted octanol–water partition coefficient (Wildman–Crippen LogP) is 16.8. The monoisotopic (exact) mass is 1060 g/mol. The average Bonchev–Trinajstić information content (AvgIpc) is 3.70. The van der Waals surface area contributed by atoms with E-state index in [0.29, 0.717) is 11.4 Å². The minimum Gasteiger partial charge on any atom is -0.507 e. The number of nitrogens with zero attached hydrogens (tertiary/aromatic N) is 3. The number of hydrogen-bond donors (Lipinski definition) is 1. The predicted molar refractivity (Wildman–Crippen MR) is 278 cm³/mol. The summed E-state index contributed by atoms with van der Waals surface area (Å²) in [4.78, 5) is 10.5. The zero-order chi connectivity index (χ0) is 48.3. The number of benzene rings is 7. The fourth-order valence-electron chi connectivity index (χ4n) is 8.90. The van der Waals surface area contributed by atoms with Crippen LogP contribution in [0.1, 0.15) is 106 Å². The van der Waals surface area contributed by atoms with Gasteiger partial charge in [0.25, 0.3) is 0 Å². The van der Waals surface area contributed by atoms with Gasteiger partial charge in [-0.25, -0.2) is 4.98 Å². The second kappa shape index (κ2) is 18.7. The van der Waals surface area contributed by atoms with Crippen LogP contribution in [0.25, 0.3) is 83.9 Å². The first kappa shape index (κ1) is 44.5. The molecule has 0 saturated heterocycles. The summed E-state index contributed by atoms with van der Waals surface area (Å²) < 4.78 is 20.1. The number of aromatic nitrogens is 3. The molecule has 0 bridgehead atoms. The number of hydrogen-bond acceptors (Lipinski definition) is 3. The molecule has 7 aromatic carbocycles. The summed E-state index contributed by atoms with van der Waals surface area (Å²) >= 11 is 0. The van der Waals surface area contributed by atoms with Crippen molar-refractivity contribution in [3.63, 3.8) is 0 Å². The number of phenolic OH excluding ortho intramolecular Hbond substituents is 1. The Labute approximate surface area is 414 Å². The molecule has 0 aliphatic rings. The van der Waals surface area contributed by atoms with E-state index in [4.69, 9.17) is 12.7 Å². The van der Waals surface area contributed by atoms with Gasteiger partial charge in [0, 0.05) is 41.3 Å². The van der Waals surface area contributed by atoms with Crippen molar-refractivity contribution in [2.45, 2.75) is 91.9 Å². The largest absolute Gasteiger partial charge is 0.507 e. The average molecular weight is 1060 g/mol. The molecule has 0 aliphatic carbocycles. The van der Waals surface area contributed by atoms with Gasteiger partial charge in [-0.3, -0.25) is 9.55 Å². The van der Waals surface area contributed by atoms with Crippen molar-refractivity contribution >= 4 is 11.0 Å². The molecule has 0 amide bonds. The van der Waals surface area contributed by atoms with E-state index < -0.39 is 11.8 Å². The Kier molecular flexibility index (Phi) is 12.4. The van der Waals surface area contributed by atoms with Crippen molar-refractivity contribution in [1.29, 1.82) is 0 Å². The van der Waals surface area contributed by atoms with Crippen molar-refractivity contribution in [1.82, 2.24) is 14.5 Å². The topological polar surface area (TPSA) is 50.9 Å². The fourth-order valence-corrected chi connectivity index (χ4v) is 8.90. The van der Waals surface area contributed by atoms with Gasteiger partial charge in [-0.1, -0.05) is 201 Å². The van der Waals surface area contributed by atoms with E-state index in [-0.39, 0.29) is 37.6 Å². The molecule has 2 aromatic heterocycles. The Morgan fingerprint density at radius 1 is 0.552 bits per heavy atom. The molecule has 0 unspecified atom stereocenters. The van der Waals surface area contributed by atoms with E-state index >= 15 is 0 Å². The Balaban J connectivity index is 0.00000642. The Morgan fingerprint density at radius 3 is 1.81 bits per heavy atom. The molecule has 340 valence electrons. The second-order valence-corrected chi connectivity index (χ2v) is 20.0. The Morgan fingerprint density at radius 2 is 1.16 bits per heavy atom. The van der Waals surface area contributed by atoms with Crippen molar-refractivity contribution in [2.75, 3.05) is 0 Å². The summed E-state index contributed by atoms with van der Waals surface area (Å²) in [6.07, 6.45) is 1.83. The summed E-state index contributed by atoms with van der Waals surface area (Å²) in [5.41, 5.74) is 16.1. The maximum atomic E-state index is 12.3. The first-order chi connectivity index (χ1) is 32.1. The minimum absolute atomic E-state index is 0. The summed E-state index contributed by atoms with van der Waals surface area (Å²) in [6.45, 7) is 20.6. The maximum Gasteiger partial charge on any atom is 0.148 e. The van der Waals surface area contributed by atoms with E-state index in [0.717, 1.165) is 89.2 Å². The van der Waals surface area contributed by atoms with Gasteiger partial charge < -0.3 is 5.11 Å². The van der Waals surface area contributed by atoms with E-state index in [1.807, 2.05) is 76.4 Å². The summed E-state index contributed by atoms with van der Waals surface area (Å²) in [5.74, 6) is -0.843. The Hall–Kier alpha value is -6.35. The van der Waals surface area contributed by atoms with Crippen molar-refractivity contribution in [2.24, 2.45) is 0 Å². The van der Waals surface area contributed by atoms with Crippen LogP contribution in [0.2, 0.25) is 0 Å². The third-order valence-electron chi connectivity index (χ3n) is 12.7. The molecule has 0 atom stereocenters. The molecular weight excluding hydrogens is 998 g/mol. The van der Waals surface area contributed by atoms with Crippen molar-refractivity contribution in [3.8, 4) is 78.6 Å². The number of imidazole rings is 1. The SMILES string of the molecule is [2H]C(C)(C)c1cc(-c2ccnc(-c3[c-]c(-c4cccc5c4nc(-c4cccc(C(C)(C)C)c4O)n5-c4ccc(C(C)(C)C)cc4-c4ccccc4)cc(-c4ccccc4)c3)c2)cc(C([2H])(C)C)c1.[Pt]. The standard InChI is InChI=1S/C62H60N3O.Pt/c1-39(2)44-31-45(40(3)4)33-47(32-44)43-29-30-63-55(37-43)49-35-46(41-19-13-11-14-20-41)34-48(36-49)51-23-18-26-57-58(51)64-60(52-24-17-25-54(59(52)66)62(8,9)10)65(57)56-28-27-50(61(5,6)7)38-53(56)42-21-15-12-16-22-42;/h11-35,37-40,66H,1-10H3;/q-1;/i39D,40D;. The van der Waals surface area contributed by atoms with Crippen LogP contribution in [-0.2, 0) is 31.9 Å². The normalized spacial score (nSPS) is 12.7. The van der Waals surface area contributed by atoms with E-state index in [2.05, 4.69) is 167 Å². The van der Waals surface area contributed by atoms with E-state index in [1.165, 1.54) is 5.56 Å². The van der Waals surface area contributed by atoms with Gasteiger partial charge in [-0.15, -0.1) is 23.8 Å². The zero-order valence-corrected chi connectivity index (χ0v) is 42.5. The quantitative estimate of drug-likeness (QED) is 0.147. The molecule has 5 heteroatoms. The van der Waals surface area contributed by atoms with Gasteiger partial charge in [-0.05, 0) is 97.5 Å². The molecule has 2 heterocycles. The number of para-hydroxylation sites is 2. The van der Waals surface area contributed by atoms with Crippen LogP contribution in [0.5, 0.6) is 5.75 Å². The van der Waals surface area contributed by atoms with Crippen LogP contribution in [0.3, 0.4) is 0 Å². The van der Waals surface area contributed by atoms with Crippen LogP contribution in [0.15, 0.2) is 164 Å². The van der Waals surface area contributed by atoms with Crippen LogP contribution < -0.4 is 0 Å². The summed E-state index contributed by atoms with van der Waals surface area (Å²) in [5, 5.41) is 12.3. The molecular formula is C62H60N3OPt-. The fraction of sp³-hybridized carbons (Fsp3) is 0.226. The molecule has 0 saturated carbocycles. The molecule has 1 N–H and O–H groups in total. The van der Waals surface area contributed by atoms with E-state index in [1.54, 1.807) is 0 Å². The third-order valence-corrected chi connectivity index (χ3v) is 12.7. The van der Waals surface area contributed by atoms with Gasteiger partial charge >= 0.3 is 0 Å². The number of phenols is 1. The van der Waals surface area contributed by atoms with Crippen LogP contribution in [0, 0.1) is 6.07 Å². The van der Waals surface area contributed by atoms with Gasteiger partial charge in [0.05, 0.1) is 22.3 Å². The van der Waals surface area contributed by atoms with Gasteiger partial charge in [0.1, 0.15) is 11.6 Å². The first-order valence-electron chi connectivity index (χ1n) is 24.0. The van der Waals surface area contributed by atoms with E-state index in [9.17, 15) is 5.11 Å². The second-order valence-electron chi connectivity index (χ2n) is 20.0. The van der Waals surface area contributed by atoms with Crippen molar-refractivity contribution in [3.05, 3.63) is 192 Å². The maximum absolute atomic E-state index is 12.3. The molecule has 0 radical (unpaired) electrons. The number of aromatic hydroxyl groups is 1. The molecule has 0 aliphatic heterocycles. The first-order valence-corrected chi connectivity index (χ1v) is 23.0. The van der Waals surface area contributed by atoms with Crippen LogP contribution >= 0.6 is 0 Å². The number of fused-ring (bicyclic) bond motifs is 1. The Bertz CT molecular complexity index is 3300. The van der Waals surface area contributed by atoms with Gasteiger partial charge in [0.2, 0.25) is 0 Å². The van der Waals surface area contributed by atoms with Crippen LogP contribution in [0.4, 0.5) is 0 Å². The van der Waals surface area contributed by atoms with Crippen molar-refractivity contribution < 1.29 is 28.9 Å². The number of pyridine rings is 1. The zero-order valence-electron chi connectivity index (χ0n) is 42.2. The third kappa shape index (κ3) is 9.47. The molecule has 0 fully saturated rings. The molecule has 9 aromatic rings. The van der Waals surface area contributed by atoms with Gasteiger partial charge in [0.15, 0.2) is 0 Å². The smallest absolute Gasteiger partial charge is 0.148 e. The molecule has 9 rings (SSSR count).